The van der Waals surface area contributed by atoms with Crippen molar-refractivity contribution in [1.82, 2.24) is 0 Å². The number of hydrogen-bond donors (Lipinski definition) is 0. The highest BCUT2D eigenvalue weighted by Crippen LogP contribution is 2.11. The Morgan fingerprint density at radius 3 is 2.92 bits per heavy atom. The number of carbonyl (C=O) groups is 2. The van der Waals surface area contributed by atoms with Crippen molar-refractivity contribution in [3.8, 4) is 5.75 Å². The Bertz CT molecular complexity index is 318. The fourth-order valence-electron chi connectivity index (χ4n) is 0.863. The van der Waals surface area contributed by atoms with Crippen LogP contribution < -0.4 is 4.74 Å². The van der Waals surface area contributed by atoms with Gasteiger partial charge < -0.3 is 4.74 Å². The summed E-state index contributed by atoms with van der Waals surface area (Å²) in [5.41, 5.74) is 0.543. The van der Waals surface area contributed by atoms with E-state index in [1.807, 2.05) is 0 Å². The number of Topliss-reactive ketones (excluding diaryl/α,β-unsaturated/α-hetero) is 1. The lowest BCUT2D eigenvalue weighted by Crippen LogP contribution is -2.06. The van der Waals surface area contributed by atoms with Crippen LogP contribution in [-0.2, 0) is 4.79 Å². The summed E-state index contributed by atoms with van der Waals surface area (Å²) in [6.07, 6.45) is 0.737. The van der Waals surface area contributed by atoms with Gasteiger partial charge in [-0.2, -0.15) is 0 Å². The van der Waals surface area contributed by atoms with Crippen LogP contribution in [0.4, 0.5) is 0 Å². The van der Waals surface area contributed by atoms with Crippen molar-refractivity contribution in [3.05, 3.63) is 29.8 Å². The Morgan fingerprint density at radius 1 is 1.54 bits per heavy atom. The average molecular weight is 178 g/mol. The van der Waals surface area contributed by atoms with Crippen molar-refractivity contribution in [1.29, 1.82) is 0 Å². The monoisotopic (exact) mass is 178 g/mol. The zero-order chi connectivity index (χ0) is 9.68. The molecule has 0 saturated carbocycles. The van der Waals surface area contributed by atoms with E-state index in [9.17, 15) is 9.59 Å². The zero-order valence-electron chi connectivity index (χ0n) is 7.32. The van der Waals surface area contributed by atoms with Crippen molar-refractivity contribution < 1.29 is 14.3 Å². The molecule has 0 unspecified atom stereocenters. The first-order valence-electron chi connectivity index (χ1n) is 3.90. The van der Waals surface area contributed by atoms with E-state index >= 15 is 0 Å². The molecular weight excluding hydrogens is 168 g/mol. The lowest BCUT2D eigenvalue weighted by molar-refractivity contribution is -0.118. The molecule has 3 heteroatoms. The molecule has 0 radical (unpaired) electrons. The average Bonchev–Trinajstić information content (AvgIpc) is 2.15. The zero-order valence-corrected chi connectivity index (χ0v) is 7.32. The van der Waals surface area contributed by atoms with Gasteiger partial charge in [0.2, 0.25) is 0 Å². The Morgan fingerprint density at radius 2 is 2.31 bits per heavy atom. The van der Waals surface area contributed by atoms with Gasteiger partial charge in [0.15, 0.2) is 5.78 Å². The van der Waals surface area contributed by atoms with E-state index in [4.69, 9.17) is 4.74 Å². The van der Waals surface area contributed by atoms with E-state index in [0.29, 0.717) is 11.3 Å². The molecule has 0 aliphatic rings. The minimum absolute atomic E-state index is 0.0440. The number of ether oxygens (including phenoxy) is 1. The second-order valence-corrected chi connectivity index (χ2v) is 2.68. The summed E-state index contributed by atoms with van der Waals surface area (Å²) in [4.78, 5) is 21.0. The van der Waals surface area contributed by atoms with E-state index < -0.39 is 0 Å². The first-order valence-corrected chi connectivity index (χ1v) is 3.90. The summed E-state index contributed by atoms with van der Waals surface area (Å²) in [7, 11) is 0. The van der Waals surface area contributed by atoms with Gasteiger partial charge in [-0.25, -0.2) is 0 Å². The molecule has 3 nitrogen and oxygen atoms in total. The van der Waals surface area contributed by atoms with Crippen LogP contribution in [0.5, 0.6) is 5.75 Å². The van der Waals surface area contributed by atoms with Gasteiger partial charge in [0.25, 0.3) is 0 Å². The third kappa shape index (κ3) is 3.07. The molecule has 13 heavy (non-hydrogen) atoms. The molecule has 0 spiro atoms. The third-order valence-corrected chi connectivity index (χ3v) is 1.44. The summed E-state index contributed by atoms with van der Waals surface area (Å²) < 4.78 is 5.10. The van der Waals surface area contributed by atoms with Crippen LogP contribution in [0, 0.1) is 0 Å². The predicted octanol–water partition coefficient (Wildman–Crippen LogP) is 1.47. The predicted molar refractivity (Wildman–Crippen MR) is 48.0 cm³/mol. The van der Waals surface area contributed by atoms with Crippen molar-refractivity contribution in [2.45, 2.75) is 6.92 Å². The van der Waals surface area contributed by atoms with Crippen LogP contribution in [0.2, 0.25) is 0 Å². The minimum Gasteiger partial charge on any atom is -0.486 e. The van der Waals surface area contributed by atoms with Gasteiger partial charge >= 0.3 is 0 Å². The maximum atomic E-state index is 10.6. The Kier molecular flexibility index (Phi) is 3.20. The van der Waals surface area contributed by atoms with Gasteiger partial charge in [0.1, 0.15) is 18.6 Å². The van der Waals surface area contributed by atoms with Gasteiger partial charge in [0, 0.05) is 5.56 Å². The van der Waals surface area contributed by atoms with Crippen molar-refractivity contribution in [2.75, 3.05) is 6.61 Å². The molecule has 0 bridgehead atoms. The van der Waals surface area contributed by atoms with Crippen LogP contribution in [0.3, 0.4) is 0 Å². The standard InChI is InChI=1S/C10H10O3/c1-8(12)7-13-10-4-2-3-9(5-10)6-11/h2-6H,7H2,1H3. The molecule has 0 aliphatic heterocycles. The SMILES string of the molecule is CC(=O)COc1cccc(C=O)c1. The fourth-order valence-corrected chi connectivity index (χ4v) is 0.863. The van der Waals surface area contributed by atoms with Crippen LogP contribution in [-0.4, -0.2) is 18.7 Å². The molecule has 0 amide bonds. The Labute approximate surface area is 76.3 Å². The highest BCUT2D eigenvalue weighted by molar-refractivity contribution is 5.77. The van der Waals surface area contributed by atoms with E-state index in [-0.39, 0.29) is 12.4 Å². The second kappa shape index (κ2) is 4.40. The minimum atomic E-state index is -0.0449. The smallest absolute Gasteiger partial charge is 0.167 e. The number of rotatable bonds is 4. The highest BCUT2D eigenvalue weighted by Gasteiger charge is 1.97. The summed E-state index contributed by atoms with van der Waals surface area (Å²) in [5.74, 6) is 0.497. The van der Waals surface area contributed by atoms with Gasteiger partial charge in [-0.15, -0.1) is 0 Å². The molecule has 0 atom stereocenters. The molecular formula is C10H10O3. The van der Waals surface area contributed by atoms with Gasteiger partial charge in [-0.1, -0.05) is 12.1 Å². The number of ketones is 1. The van der Waals surface area contributed by atoms with E-state index in [1.54, 1.807) is 24.3 Å². The maximum Gasteiger partial charge on any atom is 0.167 e. The Balaban J connectivity index is 2.66. The third-order valence-electron chi connectivity index (χ3n) is 1.44. The molecule has 0 N–H and O–H groups in total. The molecule has 0 aromatic heterocycles. The number of aldehydes is 1. The van der Waals surface area contributed by atoms with Crippen molar-refractivity contribution in [3.63, 3.8) is 0 Å². The van der Waals surface area contributed by atoms with Crippen molar-refractivity contribution >= 4 is 12.1 Å². The first kappa shape index (κ1) is 9.45. The quantitative estimate of drug-likeness (QED) is 0.655. The summed E-state index contributed by atoms with van der Waals surface area (Å²) in [6, 6.07) is 6.68. The summed E-state index contributed by atoms with van der Waals surface area (Å²) in [5, 5.41) is 0. The van der Waals surface area contributed by atoms with E-state index in [1.165, 1.54) is 6.92 Å². The molecule has 1 aromatic rings. The molecule has 0 fully saturated rings. The molecule has 0 aliphatic carbocycles. The van der Waals surface area contributed by atoms with Gasteiger partial charge in [-0.3, -0.25) is 9.59 Å². The largest absolute Gasteiger partial charge is 0.486 e. The summed E-state index contributed by atoms with van der Waals surface area (Å²) in [6.45, 7) is 1.49. The highest BCUT2D eigenvalue weighted by atomic mass is 16.5. The lowest BCUT2D eigenvalue weighted by atomic mass is 10.2. The molecule has 0 heterocycles. The lowest BCUT2D eigenvalue weighted by Gasteiger charge is -2.02. The molecule has 1 rings (SSSR count). The van der Waals surface area contributed by atoms with E-state index in [2.05, 4.69) is 0 Å². The molecule has 0 saturated heterocycles. The first-order chi connectivity index (χ1) is 6.22. The van der Waals surface area contributed by atoms with Crippen LogP contribution >= 0.6 is 0 Å². The Hall–Kier alpha value is -1.64. The molecule has 68 valence electrons. The second-order valence-electron chi connectivity index (χ2n) is 2.68. The number of benzene rings is 1. The van der Waals surface area contributed by atoms with Gasteiger partial charge in [-0.05, 0) is 19.1 Å². The molecule has 1 aromatic carbocycles. The topological polar surface area (TPSA) is 43.4 Å². The van der Waals surface area contributed by atoms with Crippen LogP contribution in [0.25, 0.3) is 0 Å². The number of hydrogen-bond acceptors (Lipinski definition) is 3. The summed E-state index contributed by atoms with van der Waals surface area (Å²) >= 11 is 0. The normalized spacial score (nSPS) is 9.31. The maximum absolute atomic E-state index is 10.6. The van der Waals surface area contributed by atoms with Crippen molar-refractivity contribution in [2.24, 2.45) is 0 Å². The van der Waals surface area contributed by atoms with Crippen LogP contribution in [0.15, 0.2) is 24.3 Å². The van der Waals surface area contributed by atoms with Gasteiger partial charge in [0.05, 0.1) is 0 Å². The fraction of sp³-hybridized carbons (Fsp3) is 0.200. The number of carbonyl (C=O) groups excluding carboxylic acids is 2. The van der Waals surface area contributed by atoms with E-state index in [0.717, 1.165) is 6.29 Å². The van der Waals surface area contributed by atoms with Crippen LogP contribution in [0.1, 0.15) is 17.3 Å².